The second-order valence-corrected chi connectivity index (χ2v) is 3.23. The summed E-state index contributed by atoms with van der Waals surface area (Å²) in [4.78, 5) is 11.2. The summed E-state index contributed by atoms with van der Waals surface area (Å²) in [5.74, 6) is -0.257. The molecule has 1 rings (SSSR count). The standard InChI is InChI=1S/C11H13F2NO2/c1-3-16-8-5-4-7(6(2)15)9(10(8)14)11(12)13/h4-5,11H,3,14H2,1-2H3. The number of carbonyl (C=O) groups is 1. The Morgan fingerprint density at radius 2 is 2.12 bits per heavy atom. The van der Waals surface area contributed by atoms with E-state index in [-0.39, 0.29) is 17.0 Å². The average molecular weight is 229 g/mol. The van der Waals surface area contributed by atoms with Crippen molar-refractivity contribution >= 4 is 11.5 Å². The van der Waals surface area contributed by atoms with Crippen LogP contribution in [-0.4, -0.2) is 12.4 Å². The van der Waals surface area contributed by atoms with E-state index in [4.69, 9.17) is 10.5 Å². The molecule has 0 aliphatic heterocycles. The lowest BCUT2D eigenvalue weighted by Gasteiger charge is -2.13. The molecule has 0 heterocycles. The van der Waals surface area contributed by atoms with Crippen LogP contribution in [0.25, 0.3) is 0 Å². The van der Waals surface area contributed by atoms with E-state index in [0.717, 1.165) is 0 Å². The van der Waals surface area contributed by atoms with Gasteiger partial charge in [0.1, 0.15) is 5.75 Å². The molecule has 0 atom stereocenters. The molecule has 1 aromatic rings. The maximum absolute atomic E-state index is 12.8. The number of rotatable bonds is 4. The van der Waals surface area contributed by atoms with Crippen molar-refractivity contribution in [3.63, 3.8) is 0 Å². The topological polar surface area (TPSA) is 52.3 Å². The maximum Gasteiger partial charge on any atom is 0.266 e. The number of ether oxygens (including phenoxy) is 1. The van der Waals surface area contributed by atoms with E-state index in [1.54, 1.807) is 6.92 Å². The minimum Gasteiger partial charge on any atom is -0.492 e. The van der Waals surface area contributed by atoms with Gasteiger partial charge in [-0.15, -0.1) is 0 Å². The van der Waals surface area contributed by atoms with Gasteiger partial charge in [-0.1, -0.05) is 0 Å². The van der Waals surface area contributed by atoms with Gasteiger partial charge in [-0.3, -0.25) is 4.79 Å². The third-order valence-corrected chi connectivity index (χ3v) is 2.14. The molecular formula is C11H13F2NO2. The molecule has 88 valence electrons. The highest BCUT2D eigenvalue weighted by atomic mass is 19.3. The molecular weight excluding hydrogens is 216 g/mol. The summed E-state index contributed by atoms with van der Waals surface area (Å²) in [6, 6.07) is 2.74. The highest BCUT2D eigenvalue weighted by Gasteiger charge is 2.21. The summed E-state index contributed by atoms with van der Waals surface area (Å²) >= 11 is 0. The van der Waals surface area contributed by atoms with E-state index in [9.17, 15) is 13.6 Å². The van der Waals surface area contributed by atoms with Gasteiger partial charge in [-0.2, -0.15) is 0 Å². The maximum atomic E-state index is 12.8. The van der Waals surface area contributed by atoms with E-state index in [0.29, 0.717) is 6.61 Å². The smallest absolute Gasteiger partial charge is 0.266 e. The predicted molar refractivity (Wildman–Crippen MR) is 57.0 cm³/mol. The Hall–Kier alpha value is -1.65. The summed E-state index contributed by atoms with van der Waals surface area (Å²) < 4.78 is 30.7. The van der Waals surface area contributed by atoms with Crippen LogP contribution >= 0.6 is 0 Å². The van der Waals surface area contributed by atoms with E-state index in [2.05, 4.69) is 0 Å². The summed E-state index contributed by atoms with van der Waals surface area (Å²) in [5.41, 5.74) is 4.88. The number of benzene rings is 1. The van der Waals surface area contributed by atoms with Crippen molar-refractivity contribution in [2.75, 3.05) is 12.3 Å². The van der Waals surface area contributed by atoms with Crippen LogP contribution < -0.4 is 10.5 Å². The number of halogens is 2. The molecule has 2 N–H and O–H groups in total. The van der Waals surface area contributed by atoms with Crippen molar-refractivity contribution in [3.8, 4) is 5.75 Å². The summed E-state index contributed by atoms with van der Waals surface area (Å²) in [6.07, 6.45) is -2.79. The van der Waals surface area contributed by atoms with Crippen molar-refractivity contribution in [1.29, 1.82) is 0 Å². The quantitative estimate of drug-likeness (QED) is 0.638. The van der Waals surface area contributed by atoms with Crippen molar-refractivity contribution in [3.05, 3.63) is 23.3 Å². The largest absolute Gasteiger partial charge is 0.492 e. The Balaban J connectivity index is 3.35. The van der Waals surface area contributed by atoms with Crippen molar-refractivity contribution in [2.45, 2.75) is 20.3 Å². The summed E-state index contributed by atoms with van der Waals surface area (Å²) in [6.45, 7) is 3.27. The highest BCUT2D eigenvalue weighted by Crippen LogP contribution is 2.35. The molecule has 0 unspecified atom stereocenters. The number of Topliss-reactive ketones (excluding diaryl/α,β-unsaturated/α-hetero) is 1. The lowest BCUT2D eigenvalue weighted by atomic mass is 10.0. The first kappa shape index (κ1) is 12.4. The third kappa shape index (κ3) is 2.29. The molecule has 5 heteroatoms. The number of nitrogens with two attached hydrogens (primary N) is 1. The molecule has 0 saturated heterocycles. The van der Waals surface area contributed by atoms with Crippen LogP contribution in [0.15, 0.2) is 12.1 Å². The van der Waals surface area contributed by atoms with Gasteiger partial charge >= 0.3 is 0 Å². The molecule has 0 spiro atoms. The lowest BCUT2D eigenvalue weighted by molar-refractivity contribution is 0.0999. The predicted octanol–water partition coefficient (Wildman–Crippen LogP) is 2.81. The van der Waals surface area contributed by atoms with Crippen molar-refractivity contribution in [2.24, 2.45) is 0 Å². The SMILES string of the molecule is CCOc1ccc(C(C)=O)c(C(F)F)c1N. The number of nitrogen functional groups attached to an aromatic ring is 1. The molecule has 0 bridgehead atoms. The van der Waals surface area contributed by atoms with Crippen LogP contribution in [-0.2, 0) is 0 Å². The Morgan fingerprint density at radius 1 is 1.50 bits per heavy atom. The fourth-order valence-corrected chi connectivity index (χ4v) is 1.44. The van der Waals surface area contributed by atoms with Gasteiger partial charge in [-0.05, 0) is 26.0 Å². The van der Waals surface area contributed by atoms with Crippen LogP contribution in [0.2, 0.25) is 0 Å². The molecule has 1 aromatic carbocycles. The van der Waals surface area contributed by atoms with Gasteiger partial charge in [0.2, 0.25) is 0 Å². The first-order valence-corrected chi connectivity index (χ1v) is 4.83. The Kier molecular flexibility index (Phi) is 3.82. The number of ketones is 1. The van der Waals surface area contributed by atoms with Gasteiger partial charge in [-0.25, -0.2) is 8.78 Å². The Morgan fingerprint density at radius 3 is 2.56 bits per heavy atom. The van der Waals surface area contributed by atoms with Crippen LogP contribution in [0, 0.1) is 0 Å². The molecule has 16 heavy (non-hydrogen) atoms. The average Bonchev–Trinajstić information content (AvgIpc) is 2.20. The lowest BCUT2D eigenvalue weighted by Crippen LogP contribution is -2.07. The first-order valence-electron chi connectivity index (χ1n) is 4.83. The summed E-state index contributed by atoms with van der Waals surface area (Å²) in [5, 5.41) is 0. The van der Waals surface area contributed by atoms with Crippen LogP contribution in [0.3, 0.4) is 0 Å². The van der Waals surface area contributed by atoms with E-state index < -0.39 is 17.8 Å². The zero-order valence-electron chi connectivity index (χ0n) is 9.09. The third-order valence-electron chi connectivity index (χ3n) is 2.14. The fraction of sp³-hybridized carbons (Fsp3) is 0.364. The fourth-order valence-electron chi connectivity index (χ4n) is 1.44. The van der Waals surface area contributed by atoms with Crippen LogP contribution in [0.4, 0.5) is 14.5 Å². The van der Waals surface area contributed by atoms with Crippen molar-refractivity contribution in [1.82, 2.24) is 0 Å². The molecule has 0 fully saturated rings. The zero-order valence-corrected chi connectivity index (χ0v) is 9.09. The number of anilines is 1. The van der Waals surface area contributed by atoms with Gasteiger partial charge in [0.15, 0.2) is 5.78 Å². The molecule has 0 aliphatic rings. The number of hydrogen-bond donors (Lipinski definition) is 1. The van der Waals surface area contributed by atoms with Crippen molar-refractivity contribution < 1.29 is 18.3 Å². The van der Waals surface area contributed by atoms with Crippen LogP contribution in [0.5, 0.6) is 5.75 Å². The van der Waals surface area contributed by atoms with Gasteiger partial charge in [0.25, 0.3) is 6.43 Å². The Labute approximate surface area is 92.2 Å². The molecule has 3 nitrogen and oxygen atoms in total. The van der Waals surface area contributed by atoms with Crippen LogP contribution in [0.1, 0.15) is 36.2 Å². The second kappa shape index (κ2) is 4.92. The number of alkyl halides is 2. The van der Waals surface area contributed by atoms with E-state index in [1.807, 2.05) is 0 Å². The molecule has 0 aliphatic carbocycles. The monoisotopic (exact) mass is 229 g/mol. The molecule has 0 saturated carbocycles. The molecule has 0 aromatic heterocycles. The minimum atomic E-state index is -2.79. The Bertz CT molecular complexity index is 405. The number of carbonyl (C=O) groups excluding carboxylic acids is 1. The number of hydrogen-bond acceptors (Lipinski definition) is 3. The second-order valence-electron chi connectivity index (χ2n) is 3.23. The first-order chi connectivity index (χ1) is 7.49. The normalized spacial score (nSPS) is 10.6. The minimum absolute atomic E-state index is 0.0593. The molecule has 0 amide bonds. The highest BCUT2D eigenvalue weighted by molar-refractivity contribution is 5.97. The van der Waals surface area contributed by atoms with Gasteiger partial charge in [0, 0.05) is 5.56 Å². The van der Waals surface area contributed by atoms with Gasteiger partial charge < -0.3 is 10.5 Å². The summed E-state index contributed by atoms with van der Waals surface area (Å²) in [7, 11) is 0. The van der Waals surface area contributed by atoms with Gasteiger partial charge in [0.05, 0.1) is 17.9 Å². The molecule has 0 radical (unpaired) electrons. The van der Waals surface area contributed by atoms with E-state index >= 15 is 0 Å². The zero-order chi connectivity index (χ0) is 12.3. The van der Waals surface area contributed by atoms with E-state index in [1.165, 1.54) is 19.1 Å².